The molecule has 2 heterocycles. The lowest BCUT2D eigenvalue weighted by Gasteiger charge is -2.34. The SMILES string of the molecule is COC[C@H](C)Oc1cnc(C(=O)Nc2cc(F)c(F)c([C@@]3(C)N=C(N)S[C@@]4(COC)C[C@H]43)c2)cn1. The van der Waals surface area contributed by atoms with Gasteiger partial charge in [-0.2, -0.15) is 0 Å². The van der Waals surface area contributed by atoms with Crippen LogP contribution in [-0.4, -0.2) is 59.3 Å². The number of methoxy groups -OCH3 is 2. The Morgan fingerprint density at radius 1 is 1.29 bits per heavy atom. The Bertz CT molecular complexity index is 1150. The van der Waals surface area contributed by atoms with Crippen molar-refractivity contribution in [3.05, 3.63) is 47.4 Å². The summed E-state index contributed by atoms with van der Waals surface area (Å²) in [5.41, 5.74) is 5.00. The number of hydrogen-bond donors (Lipinski definition) is 2. The highest BCUT2D eigenvalue weighted by Crippen LogP contribution is 2.66. The van der Waals surface area contributed by atoms with Gasteiger partial charge in [-0.3, -0.25) is 9.79 Å². The van der Waals surface area contributed by atoms with E-state index in [-0.39, 0.29) is 44.8 Å². The van der Waals surface area contributed by atoms with Crippen LogP contribution in [0.3, 0.4) is 0 Å². The smallest absolute Gasteiger partial charge is 0.275 e. The van der Waals surface area contributed by atoms with E-state index in [9.17, 15) is 9.18 Å². The van der Waals surface area contributed by atoms with Crippen molar-refractivity contribution in [2.24, 2.45) is 16.6 Å². The molecule has 2 aliphatic rings. The van der Waals surface area contributed by atoms with Crippen molar-refractivity contribution in [2.45, 2.75) is 36.7 Å². The zero-order valence-corrected chi connectivity index (χ0v) is 20.6. The summed E-state index contributed by atoms with van der Waals surface area (Å²) in [5, 5.41) is 2.84. The van der Waals surface area contributed by atoms with Gasteiger partial charge in [0.05, 0.1) is 35.9 Å². The minimum absolute atomic E-state index is 0.0148. The largest absolute Gasteiger partial charge is 0.471 e. The zero-order valence-electron chi connectivity index (χ0n) is 19.8. The van der Waals surface area contributed by atoms with Gasteiger partial charge >= 0.3 is 0 Å². The normalized spacial score (nSPS) is 25.9. The first kappa shape index (κ1) is 25.3. The van der Waals surface area contributed by atoms with Crippen LogP contribution in [0.5, 0.6) is 5.88 Å². The number of benzene rings is 1. The third-order valence-electron chi connectivity index (χ3n) is 6.16. The molecule has 9 nitrogen and oxygen atoms in total. The second kappa shape index (κ2) is 9.67. The average molecular weight is 508 g/mol. The van der Waals surface area contributed by atoms with Crippen LogP contribution in [0.2, 0.25) is 0 Å². The first-order valence-electron chi connectivity index (χ1n) is 10.9. The molecule has 1 amide bonds. The van der Waals surface area contributed by atoms with E-state index in [0.29, 0.717) is 19.6 Å². The highest BCUT2D eigenvalue weighted by atomic mass is 32.2. The summed E-state index contributed by atoms with van der Waals surface area (Å²) in [7, 11) is 3.14. The van der Waals surface area contributed by atoms with E-state index < -0.39 is 23.1 Å². The lowest BCUT2D eigenvalue weighted by molar-refractivity contribution is 0.0885. The number of nitrogens with zero attached hydrogens (tertiary/aromatic N) is 3. The minimum Gasteiger partial charge on any atom is -0.471 e. The van der Waals surface area contributed by atoms with E-state index >= 15 is 4.39 Å². The molecule has 3 N–H and O–H groups in total. The number of amidine groups is 1. The van der Waals surface area contributed by atoms with Crippen LogP contribution in [0, 0.1) is 17.6 Å². The summed E-state index contributed by atoms with van der Waals surface area (Å²) >= 11 is 1.40. The first-order valence-corrected chi connectivity index (χ1v) is 11.8. The van der Waals surface area contributed by atoms with Crippen LogP contribution in [0.25, 0.3) is 0 Å². The average Bonchev–Trinajstić information content (AvgIpc) is 3.51. The summed E-state index contributed by atoms with van der Waals surface area (Å²) in [6, 6.07) is 2.30. The van der Waals surface area contributed by atoms with E-state index in [1.807, 2.05) is 0 Å². The van der Waals surface area contributed by atoms with Crippen molar-refractivity contribution in [2.75, 3.05) is 32.8 Å². The summed E-state index contributed by atoms with van der Waals surface area (Å²) < 4.78 is 45.2. The maximum Gasteiger partial charge on any atom is 0.275 e. The maximum absolute atomic E-state index is 15.0. The number of ether oxygens (including phenoxy) is 3. The highest BCUT2D eigenvalue weighted by Gasteiger charge is 2.66. The number of rotatable bonds is 9. The molecule has 188 valence electrons. The first-order chi connectivity index (χ1) is 16.6. The van der Waals surface area contributed by atoms with Crippen molar-refractivity contribution < 1.29 is 27.8 Å². The number of nitrogens with one attached hydrogen (secondary N) is 1. The zero-order chi connectivity index (χ0) is 25.4. The van der Waals surface area contributed by atoms with Gasteiger partial charge in [-0.15, -0.1) is 0 Å². The predicted octanol–water partition coefficient (Wildman–Crippen LogP) is 3.10. The molecule has 1 saturated carbocycles. The van der Waals surface area contributed by atoms with Gasteiger partial charge in [0.1, 0.15) is 11.8 Å². The van der Waals surface area contributed by atoms with Gasteiger partial charge in [0, 0.05) is 37.5 Å². The molecule has 35 heavy (non-hydrogen) atoms. The molecule has 1 fully saturated rings. The Morgan fingerprint density at radius 2 is 2.06 bits per heavy atom. The lowest BCUT2D eigenvalue weighted by Crippen LogP contribution is -2.38. The Morgan fingerprint density at radius 3 is 2.71 bits per heavy atom. The predicted molar refractivity (Wildman–Crippen MR) is 128 cm³/mol. The number of carbonyl (C=O) groups is 1. The van der Waals surface area contributed by atoms with Crippen LogP contribution in [0.15, 0.2) is 29.5 Å². The van der Waals surface area contributed by atoms with Crippen molar-refractivity contribution in [3.63, 3.8) is 0 Å². The highest BCUT2D eigenvalue weighted by molar-refractivity contribution is 8.15. The van der Waals surface area contributed by atoms with E-state index in [1.54, 1.807) is 28.1 Å². The third-order valence-corrected chi connectivity index (χ3v) is 7.43. The van der Waals surface area contributed by atoms with Crippen LogP contribution < -0.4 is 15.8 Å². The van der Waals surface area contributed by atoms with E-state index in [2.05, 4.69) is 20.3 Å². The summed E-state index contributed by atoms with van der Waals surface area (Å²) in [5.74, 6) is -2.65. The second-order valence-electron chi connectivity index (χ2n) is 8.85. The lowest BCUT2D eigenvalue weighted by atomic mass is 9.85. The second-order valence-corrected chi connectivity index (χ2v) is 10.3. The van der Waals surface area contributed by atoms with Crippen LogP contribution in [-0.2, 0) is 15.0 Å². The molecule has 1 aromatic carbocycles. The molecule has 1 aliphatic carbocycles. The molecule has 2 aromatic rings. The Labute approximate surface area is 205 Å². The van der Waals surface area contributed by atoms with Gasteiger partial charge in [0.2, 0.25) is 5.88 Å². The van der Waals surface area contributed by atoms with Crippen molar-refractivity contribution in [3.8, 4) is 5.88 Å². The van der Waals surface area contributed by atoms with Gasteiger partial charge in [-0.25, -0.2) is 18.7 Å². The topological polar surface area (TPSA) is 121 Å². The van der Waals surface area contributed by atoms with Crippen LogP contribution in [0.1, 0.15) is 36.3 Å². The van der Waals surface area contributed by atoms with Crippen LogP contribution >= 0.6 is 11.8 Å². The van der Waals surface area contributed by atoms with Crippen LogP contribution in [0.4, 0.5) is 14.5 Å². The fourth-order valence-corrected chi connectivity index (χ4v) is 5.97. The number of nitrogens with two attached hydrogens (primary N) is 1. The number of aromatic nitrogens is 2. The van der Waals surface area contributed by atoms with Gasteiger partial charge in [-0.1, -0.05) is 11.8 Å². The summed E-state index contributed by atoms with van der Waals surface area (Å²) in [4.78, 5) is 25.3. The molecule has 0 unspecified atom stereocenters. The summed E-state index contributed by atoms with van der Waals surface area (Å²) in [6.45, 7) is 4.30. The molecule has 1 aliphatic heterocycles. The molecule has 1 aromatic heterocycles. The molecular formula is C23H27F2N5O4S. The molecule has 4 rings (SSSR count). The number of fused-ring (bicyclic) bond motifs is 1. The Kier molecular flexibility index (Phi) is 6.98. The molecular weight excluding hydrogens is 480 g/mol. The number of carbonyl (C=O) groups excluding carboxylic acids is 1. The molecule has 4 atom stereocenters. The maximum atomic E-state index is 15.0. The number of hydrogen-bond acceptors (Lipinski definition) is 9. The fraction of sp³-hybridized carbons (Fsp3) is 0.478. The van der Waals surface area contributed by atoms with Crippen molar-refractivity contribution in [1.29, 1.82) is 0 Å². The van der Waals surface area contributed by atoms with E-state index in [1.165, 1.54) is 30.2 Å². The monoisotopic (exact) mass is 507 g/mol. The third kappa shape index (κ3) is 4.95. The van der Waals surface area contributed by atoms with Gasteiger partial charge < -0.3 is 25.3 Å². The number of amides is 1. The van der Waals surface area contributed by atoms with Gasteiger partial charge in [0.25, 0.3) is 5.91 Å². The fourth-order valence-electron chi connectivity index (χ4n) is 4.52. The van der Waals surface area contributed by atoms with Gasteiger partial charge in [-0.05, 0) is 26.3 Å². The number of thioether (sulfide) groups is 1. The van der Waals surface area contributed by atoms with E-state index in [4.69, 9.17) is 19.9 Å². The Hall–Kier alpha value is -2.83. The minimum atomic E-state index is -1.11. The van der Waals surface area contributed by atoms with Crippen molar-refractivity contribution in [1.82, 2.24) is 9.97 Å². The number of anilines is 1. The molecule has 0 saturated heterocycles. The molecule has 0 bridgehead atoms. The van der Waals surface area contributed by atoms with E-state index in [0.717, 1.165) is 6.07 Å². The Balaban J connectivity index is 1.56. The molecule has 12 heteroatoms. The molecule has 0 spiro atoms. The number of aliphatic imine (C=N–C) groups is 1. The quantitative estimate of drug-likeness (QED) is 0.531. The number of halogens is 2. The van der Waals surface area contributed by atoms with Crippen molar-refractivity contribution >= 4 is 28.5 Å². The standard InChI is InChI=1S/C23H27F2N5O4S/c1-12(10-32-3)34-18-9-27-16(8-28-18)20(31)29-13-5-14(19(25)15(24)6-13)22(2)17-7-23(17,11-33-4)35-21(26)30-22/h5-6,8-9,12,17H,7,10-11H2,1-4H3,(H2,26,30)(H,29,31)/t12-,17-,22+,23+/m0/s1. The molecule has 0 radical (unpaired) electrons. The van der Waals surface area contributed by atoms with Gasteiger partial charge in [0.15, 0.2) is 16.8 Å². The summed E-state index contributed by atoms with van der Waals surface area (Å²) in [6.07, 6.45) is 2.98.